The molecule has 0 atom stereocenters. The molecule has 4 nitrogen and oxygen atoms in total. The predicted molar refractivity (Wildman–Crippen MR) is 74.2 cm³/mol. The van der Waals surface area contributed by atoms with Crippen molar-refractivity contribution in [1.82, 2.24) is 9.78 Å². The van der Waals surface area contributed by atoms with Crippen LogP contribution in [0.15, 0.2) is 15.9 Å². The van der Waals surface area contributed by atoms with Crippen LogP contribution in [0, 0.1) is 13.8 Å². The largest absolute Gasteiger partial charge is 0.481 e. The summed E-state index contributed by atoms with van der Waals surface area (Å²) in [5, 5.41) is 13.3. The second-order valence-electron chi connectivity index (χ2n) is 4.08. The highest BCUT2D eigenvalue weighted by Crippen LogP contribution is 2.24. The second-order valence-corrected chi connectivity index (χ2v) is 6.63. The molecule has 0 aliphatic heterocycles. The van der Waals surface area contributed by atoms with E-state index in [0.29, 0.717) is 6.54 Å². The van der Waals surface area contributed by atoms with Crippen LogP contribution >= 0.6 is 27.3 Å². The van der Waals surface area contributed by atoms with Crippen LogP contribution in [0.4, 0.5) is 0 Å². The molecule has 0 bridgehead atoms. The number of carboxylic acid groups (broad SMARTS) is 1. The monoisotopic (exact) mass is 328 g/mol. The van der Waals surface area contributed by atoms with Gasteiger partial charge < -0.3 is 5.11 Å². The lowest BCUT2D eigenvalue weighted by Crippen LogP contribution is -2.05. The molecule has 0 fully saturated rings. The number of carboxylic acids is 1. The van der Waals surface area contributed by atoms with Crippen LogP contribution in [0.2, 0.25) is 0 Å². The molecular weight excluding hydrogens is 316 g/mol. The molecule has 2 rings (SSSR count). The Morgan fingerprint density at radius 3 is 2.78 bits per heavy atom. The lowest BCUT2D eigenvalue weighted by atomic mass is 10.1. The Morgan fingerprint density at radius 1 is 1.50 bits per heavy atom. The van der Waals surface area contributed by atoms with Gasteiger partial charge in [0.1, 0.15) is 0 Å². The minimum atomic E-state index is -0.820. The van der Waals surface area contributed by atoms with E-state index in [4.69, 9.17) is 5.11 Å². The van der Waals surface area contributed by atoms with Crippen LogP contribution in [0.25, 0.3) is 0 Å². The van der Waals surface area contributed by atoms with Crippen molar-refractivity contribution >= 4 is 33.2 Å². The highest BCUT2D eigenvalue weighted by molar-refractivity contribution is 9.11. The highest BCUT2D eigenvalue weighted by Gasteiger charge is 2.14. The molecule has 0 aliphatic rings. The van der Waals surface area contributed by atoms with Crippen LogP contribution in [0.5, 0.6) is 0 Å². The second kappa shape index (κ2) is 5.24. The summed E-state index contributed by atoms with van der Waals surface area (Å²) in [6.45, 7) is 4.45. The number of aryl methyl sites for hydroxylation is 1. The standard InChI is InChI=1S/C12H13BrN2O2S/c1-7-10(5-12(16)17)8(2)15(14-7)6-9-3-4-11(13)18-9/h3-4H,5-6H2,1-2H3,(H,16,17). The first kappa shape index (κ1) is 13.3. The van der Waals surface area contributed by atoms with E-state index in [9.17, 15) is 4.79 Å². The van der Waals surface area contributed by atoms with E-state index >= 15 is 0 Å². The van der Waals surface area contributed by atoms with Gasteiger partial charge in [-0.2, -0.15) is 5.10 Å². The van der Waals surface area contributed by atoms with Crippen LogP contribution < -0.4 is 0 Å². The van der Waals surface area contributed by atoms with Crippen molar-refractivity contribution in [1.29, 1.82) is 0 Å². The summed E-state index contributed by atoms with van der Waals surface area (Å²) in [5.74, 6) is -0.820. The van der Waals surface area contributed by atoms with Crippen LogP contribution in [0.1, 0.15) is 21.8 Å². The van der Waals surface area contributed by atoms with Gasteiger partial charge in [0.15, 0.2) is 0 Å². The van der Waals surface area contributed by atoms with Gasteiger partial charge in [-0.05, 0) is 41.9 Å². The first-order chi connectivity index (χ1) is 8.47. The third-order valence-corrected chi connectivity index (χ3v) is 4.40. The maximum atomic E-state index is 10.8. The average molecular weight is 329 g/mol. The third-order valence-electron chi connectivity index (χ3n) is 2.79. The highest BCUT2D eigenvalue weighted by atomic mass is 79.9. The number of thiophene rings is 1. The van der Waals surface area contributed by atoms with Crippen molar-refractivity contribution in [3.05, 3.63) is 37.7 Å². The lowest BCUT2D eigenvalue weighted by Gasteiger charge is -2.02. The summed E-state index contributed by atoms with van der Waals surface area (Å²) in [4.78, 5) is 12.0. The molecule has 6 heteroatoms. The zero-order valence-corrected chi connectivity index (χ0v) is 12.5. The molecule has 0 amide bonds. The number of rotatable bonds is 4. The van der Waals surface area contributed by atoms with Gasteiger partial charge in [0.05, 0.1) is 22.4 Å². The lowest BCUT2D eigenvalue weighted by molar-refractivity contribution is -0.136. The smallest absolute Gasteiger partial charge is 0.307 e. The molecule has 0 aliphatic carbocycles. The number of hydrogen-bond donors (Lipinski definition) is 1. The Bertz CT molecular complexity index is 589. The van der Waals surface area contributed by atoms with Gasteiger partial charge in [-0.3, -0.25) is 9.48 Å². The summed E-state index contributed by atoms with van der Waals surface area (Å²) in [6, 6.07) is 4.05. The van der Waals surface area contributed by atoms with Crippen molar-refractivity contribution in [3.8, 4) is 0 Å². The van der Waals surface area contributed by atoms with Gasteiger partial charge in [-0.15, -0.1) is 11.3 Å². The maximum Gasteiger partial charge on any atom is 0.307 e. The van der Waals surface area contributed by atoms with Gasteiger partial charge in [0, 0.05) is 16.1 Å². The van der Waals surface area contributed by atoms with Crippen molar-refractivity contribution in [2.75, 3.05) is 0 Å². The van der Waals surface area contributed by atoms with Crippen molar-refractivity contribution in [2.45, 2.75) is 26.8 Å². The summed E-state index contributed by atoms with van der Waals surface area (Å²) >= 11 is 5.09. The fourth-order valence-corrected chi connectivity index (χ4v) is 3.34. The van der Waals surface area contributed by atoms with Crippen LogP contribution in [0.3, 0.4) is 0 Å². The summed E-state index contributed by atoms with van der Waals surface area (Å²) in [7, 11) is 0. The van der Waals surface area contributed by atoms with Crippen molar-refractivity contribution < 1.29 is 9.90 Å². The summed E-state index contributed by atoms with van der Waals surface area (Å²) in [6.07, 6.45) is 0.0335. The zero-order valence-electron chi connectivity index (χ0n) is 10.1. The Hall–Kier alpha value is -1.14. The molecule has 2 heterocycles. The molecular formula is C12H13BrN2O2S. The zero-order chi connectivity index (χ0) is 13.3. The van der Waals surface area contributed by atoms with Crippen LogP contribution in [-0.4, -0.2) is 20.9 Å². The normalized spacial score (nSPS) is 10.8. The molecule has 0 saturated heterocycles. The average Bonchev–Trinajstić information content (AvgIpc) is 2.78. The van der Waals surface area contributed by atoms with Gasteiger partial charge in [0.2, 0.25) is 0 Å². The minimum absolute atomic E-state index is 0.0335. The number of aromatic nitrogens is 2. The molecule has 0 aromatic carbocycles. The molecule has 1 N–H and O–H groups in total. The summed E-state index contributed by atoms with van der Waals surface area (Å²) in [5.41, 5.74) is 2.54. The number of hydrogen-bond acceptors (Lipinski definition) is 3. The van der Waals surface area contributed by atoms with Crippen molar-refractivity contribution in [3.63, 3.8) is 0 Å². The minimum Gasteiger partial charge on any atom is -0.481 e. The molecule has 2 aromatic rings. The predicted octanol–water partition coefficient (Wildman–Crippen LogP) is 3.00. The van der Waals surface area contributed by atoms with Crippen molar-refractivity contribution in [2.24, 2.45) is 0 Å². The van der Waals surface area contributed by atoms with Gasteiger partial charge in [-0.25, -0.2) is 0 Å². The number of nitrogens with zero attached hydrogens (tertiary/aromatic N) is 2. The molecule has 0 saturated carbocycles. The molecule has 2 aromatic heterocycles. The Morgan fingerprint density at radius 2 is 2.22 bits per heavy atom. The first-order valence-electron chi connectivity index (χ1n) is 5.46. The SMILES string of the molecule is Cc1nn(Cc2ccc(Br)s2)c(C)c1CC(=O)O. The Kier molecular flexibility index (Phi) is 3.87. The molecule has 0 spiro atoms. The first-order valence-corrected chi connectivity index (χ1v) is 7.07. The van der Waals surface area contributed by atoms with E-state index in [1.807, 2.05) is 30.7 Å². The fourth-order valence-electron chi connectivity index (χ4n) is 1.88. The molecule has 0 radical (unpaired) electrons. The quantitative estimate of drug-likeness (QED) is 0.938. The van der Waals surface area contributed by atoms with E-state index in [2.05, 4.69) is 21.0 Å². The van der Waals surface area contributed by atoms with Gasteiger partial charge >= 0.3 is 5.97 Å². The molecule has 18 heavy (non-hydrogen) atoms. The topological polar surface area (TPSA) is 55.1 Å². The van der Waals surface area contributed by atoms with Crippen LogP contribution in [-0.2, 0) is 17.8 Å². The molecule has 96 valence electrons. The number of aliphatic carboxylic acids is 1. The number of carbonyl (C=O) groups is 1. The summed E-state index contributed by atoms with van der Waals surface area (Å²) < 4.78 is 2.95. The van der Waals surface area contributed by atoms with E-state index in [1.165, 1.54) is 4.88 Å². The van der Waals surface area contributed by atoms with E-state index < -0.39 is 5.97 Å². The van der Waals surface area contributed by atoms with E-state index in [0.717, 1.165) is 20.7 Å². The molecule has 0 unspecified atom stereocenters. The Labute approximate surface area is 117 Å². The Balaban J connectivity index is 2.26. The number of halogens is 1. The van der Waals surface area contributed by atoms with E-state index in [-0.39, 0.29) is 6.42 Å². The fraction of sp³-hybridized carbons (Fsp3) is 0.333. The van der Waals surface area contributed by atoms with Gasteiger partial charge in [0.25, 0.3) is 0 Å². The van der Waals surface area contributed by atoms with Gasteiger partial charge in [-0.1, -0.05) is 0 Å². The van der Waals surface area contributed by atoms with E-state index in [1.54, 1.807) is 11.3 Å². The maximum absolute atomic E-state index is 10.8. The third kappa shape index (κ3) is 2.81.